The van der Waals surface area contributed by atoms with Gasteiger partial charge in [-0.3, -0.25) is 4.57 Å². The van der Waals surface area contributed by atoms with Gasteiger partial charge in [-0.05, 0) is 42.5 Å². The van der Waals surface area contributed by atoms with Gasteiger partial charge in [-0.25, -0.2) is 9.97 Å². The number of imidazole rings is 1. The first kappa shape index (κ1) is 16.2. The van der Waals surface area contributed by atoms with Crippen molar-refractivity contribution in [3.8, 4) is 22.9 Å². The molecule has 4 rings (SSSR count). The van der Waals surface area contributed by atoms with Crippen molar-refractivity contribution in [1.29, 1.82) is 0 Å². The van der Waals surface area contributed by atoms with Crippen molar-refractivity contribution in [3.05, 3.63) is 60.6 Å². The Morgan fingerprint density at radius 2 is 1.88 bits per heavy atom. The Labute approximate surface area is 145 Å². The minimum absolute atomic E-state index is 0.0880. The zero-order valence-electron chi connectivity index (χ0n) is 13.5. The van der Waals surface area contributed by atoms with Crippen molar-refractivity contribution in [2.75, 3.05) is 7.11 Å². The van der Waals surface area contributed by atoms with E-state index >= 15 is 0 Å². The summed E-state index contributed by atoms with van der Waals surface area (Å²) < 4.78 is 52.4. The third-order valence-corrected chi connectivity index (χ3v) is 3.93. The molecule has 1 aromatic carbocycles. The van der Waals surface area contributed by atoms with E-state index < -0.39 is 11.7 Å². The smallest absolute Gasteiger partial charge is 0.418 e. The first-order valence-corrected chi connectivity index (χ1v) is 7.61. The van der Waals surface area contributed by atoms with Crippen LogP contribution >= 0.6 is 0 Å². The van der Waals surface area contributed by atoms with Crippen molar-refractivity contribution >= 4 is 11.2 Å². The van der Waals surface area contributed by atoms with Gasteiger partial charge in [-0.1, -0.05) is 0 Å². The monoisotopic (exact) mass is 359 g/mol. The number of methoxy groups -OCH3 is 1. The maximum Gasteiger partial charge on any atom is 0.418 e. The summed E-state index contributed by atoms with van der Waals surface area (Å²) in [6, 6.07) is 11.0. The molecule has 0 radical (unpaired) electrons. The number of hydrogen-bond acceptors (Lipinski definition) is 4. The number of alkyl halides is 3. The molecule has 0 N–H and O–H groups in total. The molecular weight excluding hydrogens is 347 g/mol. The van der Waals surface area contributed by atoms with Crippen molar-refractivity contribution in [3.63, 3.8) is 0 Å². The molecule has 5 nitrogen and oxygen atoms in total. The molecule has 26 heavy (non-hydrogen) atoms. The zero-order valence-corrected chi connectivity index (χ0v) is 13.5. The largest absolute Gasteiger partial charge is 0.497 e. The third kappa shape index (κ3) is 2.69. The van der Waals surface area contributed by atoms with Crippen LogP contribution in [0.4, 0.5) is 13.2 Å². The van der Waals surface area contributed by atoms with Crippen LogP contribution in [0.1, 0.15) is 5.56 Å². The van der Waals surface area contributed by atoms with Crippen LogP contribution in [-0.4, -0.2) is 21.6 Å². The summed E-state index contributed by atoms with van der Waals surface area (Å²) >= 11 is 0. The molecule has 0 saturated carbocycles. The van der Waals surface area contributed by atoms with Gasteiger partial charge in [0.25, 0.3) is 0 Å². The molecule has 0 aliphatic rings. The number of ether oxygens (including phenoxy) is 1. The summed E-state index contributed by atoms with van der Waals surface area (Å²) in [4.78, 5) is 8.29. The highest BCUT2D eigenvalue weighted by Gasteiger charge is 2.35. The highest BCUT2D eigenvalue weighted by atomic mass is 19.4. The van der Waals surface area contributed by atoms with Gasteiger partial charge in [-0.2, -0.15) is 13.2 Å². The summed E-state index contributed by atoms with van der Waals surface area (Å²) in [6.07, 6.45) is -1.86. The molecule has 3 aromatic heterocycles. The molecule has 0 aliphatic heterocycles. The number of pyridine rings is 1. The van der Waals surface area contributed by atoms with E-state index in [0.717, 1.165) is 6.07 Å². The second-order valence-electron chi connectivity index (χ2n) is 5.51. The number of fused-ring (bicyclic) bond motifs is 1. The number of nitrogens with zero attached hydrogens (tertiary/aromatic N) is 3. The quantitative estimate of drug-likeness (QED) is 0.532. The van der Waals surface area contributed by atoms with Crippen molar-refractivity contribution < 1.29 is 22.3 Å². The molecule has 8 heteroatoms. The first-order chi connectivity index (χ1) is 12.5. The number of halogens is 3. The molecule has 3 heterocycles. The predicted octanol–water partition coefficient (Wildman–Crippen LogP) is 4.71. The minimum Gasteiger partial charge on any atom is -0.497 e. The highest BCUT2D eigenvalue weighted by molar-refractivity contribution is 5.80. The zero-order chi connectivity index (χ0) is 18.3. The number of benzene rings is 1. The van der Waals surface area contributed by atoms with Crippen molar-refractivity contribution in [1.82, 2.24) is 14.5 Å². The Kier molecular flexibility index (Phi) is 3.68. The second kappa shape index (κ2) is 5.91. The van der Waals surface area contributed by atoms with Gasteiger partial charge in [-0.15, -0.1) is 0 Å². The van der Waals surface area contributed by atoms with Gasteiger partial charge >= 0.3 is 6.18 Å². The topological polar surface area (TPSA) is 53.1 Å². The Balaban J connectivity index is 1.96. The summed E-state index contributed by atoms with van der Waals surface area (Å²) in [7, 11) is 1.54. The van der Waals surface area contributed by atoms with E-state index in [1.54, 1.807) is 36.4 Å². The SMILES string of the molecule is COc1ccc(-n2cnc3c(C(F)(F)F)cc(-c4ccco4)nc32)cc1. The average Bonchev–Trinajstić information content (AvgIpc) is 3.30. The van der Waals surface area contributed by atoms with E-state index in [0.29, 0.717) is 11.4 Å². The lowest BCUT2D eigenvalue weighted by molar-refractivity contribution is -0.136. The molecular formula is C18H12F3N3O2. The molecule has 0 saturated heterocycles. The summed E-state index contributed by atoms with van der Waals surface area (Å²) in [5, 5.41) is 0. The fraction of sp³-hybridized carbons (Fsp3) is 0.111. The molecule has 0 unspecified atom stereocenters. The van der Waals surface area contributed by atoms with Gasteiger partial charge in [0.15, 0.2) is 11.4 Å². The lowest BCUT2D eigenvalue weighted by atomic mass is 10.1. The molecule has 0 bridgehead atoms. The molecule has 0 spiro atoms. The third-order valence-electron chi connectivity index (χ3n) is 3.93. The summed E-state index contributed by atoms with van der Waals surface area (Å²) in [6.45, 7) is 0. The van der Waals surface area contributed by atoms with E-state index in [4.69, 9.17) is 9.15 Å². The van der Waals surface area contributed by atoms with Crippen LogP contribution in [0.25, 0.3) is 28.3 Å². The van der Waals surface area contributed by atoms with Gasteiger partial charge in [0.1, 0.15) is 23.3 Å². The number of furan rings is 1. The predicted molar refractivity (Wildman–Crippen MR) is 88.1 cm³/mol. The van der Waals surface area contributed by atoms with Crippen LogP contribution in [0.3, 0.4) is 0 Å². The normalized spacial score (nSPS) is 11.8. The standard InChI is InChI=1S/C18H12F3N3O2/c1-25-12-6-4-11(5-7-12)24-10-22-16-13(18(19,20)21)9-14(23-17(16)24)15-3-2-8-26-15/h2-10H,1H3. The lowest BCUT2D eigenvalue weighted by Crippen LogP contribution is -2.07. The van der Waals surface area contributed by atoms with Crippen LogP contribution in [0.2, 0.25) is 0 Å². The molecule has 0 aliphatic carbocycles. The van der Waals surface area contributed by atoms with E-state index in [-0.39, 0.29) is 22.6 Å². The van der Waals surface area contributed by atoms with E-state index in [9.17, 15) is 13.2 Å². The summed E-state index contributed by atoms with van der Waals surface area (Å²) in [5.41, 5.74) is -0.281. The fourth-order valence-corrected chi connectivity index (χ4v) is 2.69. The molecule has 0 atom stereocenters. The number of aromatic nitrogens is 3. The molecule has 4 aromatic rings. The minimum atomic E-state index is -4.57. The van der Waals surface area contributed by atoms with Crippen LogP contribution in [0.5, 0.6) is 5.75 Å². The maximum atomic E-state index is 13.5. The second-order valence-corrected chi connectivity index (χ2v) is 5.51. The van der Waals surface area contributed by atoms with E-state index in [1.165, 1.54) is 24.3 Å². The van der Waals surface area contributed by atoms with Crippen LogP contribution in [-0.2, 0) is 6.18 Å². The Bertz CT molecular complexity index is 1050. The Morgan fingerprint density at radius 3 is 2.50 bits per heavy atom. The van der Waals surface area contributed by atoms with Crippen molar-refractivity contribution in [2.45, 2.75) is 6.18 Å². The van der Waals surface area contributed by atoms with Gasteiger partial charge in [0, 0.05) is 5.69 Å². The molecule has 0 fully saturated rings. The summed E-state index contributed by atoms with van der Waals surface area (Å²) in [5.74, 6) is 0.887. The first-order valence-electron chi connectivity index (χ1n) is 7.61. The molecule has 132 valence electrons. The number of hydrogen-bond donors (Lipinski definition) is 0. The number of rotatable bonds is 3. The van der Waals surface area contributed by atoms with Gasteiger partial charge < -0.3 is 9.15 Å². The van der Waals surface area contributed by atoms with Gasteiger partial charge in [0.2, 0.25) is 0 Å². The van der Waals surface area contributed by atoms with Crippen LogP contribution in [0.15, 0.2) is 59.5 Å². The molecule has 0 amide bonds. The van der Waals surface area contributed by atoms with E-state index in [2.05, 4.69) is 9.97 Å². The van der Waals surface area contributed by atoms with Gasteiger partial charge in [0.05, 0.1) is 18.9 Å². The van der Waals surface area contributed by atoms with E-state index in [1.807, 2.05) is 0 Å². The average molecular weight is 359 g/mol. The fourth-order valence-electron chi connectivity index (χ4n) is 2.69. The Morgan fingerprint density at radius 1 is 1.12 bits per heavy atom. The maximum absolute atomic E-state index is 13.5. The Hall–Kier alpha value is -3.29. The van der Waals surface area contributed by atoms with Crippen LogP contribution < -0.4 is 4.74 Å². The highest BCUT2D eigenvalue weighted by Crippen LogP contribution is 2.36. The lowest BCUT2D eigenvalue weighted by Gasteiger charge is -2.10. The van der Waals surface area contributed by atoms with Crippen LogP contribution in [0, 0.1) is 0 Å². The van der Waals surface area contributed by atoms with Crippen molar-refractivity contribution in [2.24, 2.45) is 0 Å².